The molecular weight excluding hydrogens is 552 g/mol. The fraction of sp³-hybridized carbons (Fsp3) is 0.0968. The van der Waals surface area contributed by atoms with Crippen molar-refractivity contribution in [3.63, 3.8) is 0 Å². The third-order valence-corrected chi connectivity index (χ3v) is 7.03. The number of rotatable bonds is 7. The summed E-state index contributed by atoms with van der Waals surface area (Å²) >= 11 is 5.94. The fourth-order valence-electron chi connectivity index (χ4n) is 4.64. The number of ether oxygens (including phenoxy) is 1. The summed E-state index contributed by atoms with van der Waals surface area (Å²) in [5, 5.41) is 21.0. The molecule has 0 spiro atoms. The minimum Gasteiger partial charge on any atom is -0.489 e. The van der Waals surface area contributed by atoms with E-state index in [2.05, 4.69) is 37.7 Å². The van der Waals surface area contributed by atoms with Gasteiger partial charge in [-0.25, -0.2) is 5.01 Å². The van der Waals surface area contributed by atoms with Gasteiger partial charge in [0.25, 0.3) is 5.91 Å². The van der Waals surface area contributed by atoms with Crippen LogP contribution in [0.1, 0.15) is 33.0 Å². The molecule has 42 heavy (non-hydrogen) atoms. The van der Waals surface area contributed by atoms with E-state index < -0.39 is 5.91 Å². The number of hydrogen-bond donors (Lipinski definition) is 2. The Morgan fingerprint density at radius 1 is 0.976 bits per heavy atom. The van der Waals surface area contributed by atoms with E-state index >= 15 is 0 Å². The van der Waals surface area contributed by atoms with E-state index in [0.717, 1.165) is 28.0 Å². The second kappa shape index (κ2) is 12.0. The molecule has 0 bridgehead atoms. The molecule has 5 aromatic rings. The minimum absolute atomic E-state index is 0.0221. The van der Waals surface area contributed by atoms with Crippen LogP contribution >= 0.6 is 11.6 Å². The highest BCUT2D eigenvalue weighted by molar-refractivity contribution is 6.30. The number of tetrazole rings is 1. The van der Waals surface area contributed by atoms with Crippen molar-refractivity contribution < 1.29 is 9.53 Å². The van der Waals surface area contributed by atoms with Gasteiger partial charge >= 0.3 is 0 Å². The van der Waals surface area contributed by atoms with Gasteiger partial charge in [-0.15, -0.1) is 10.2 Å². The molecule has 10 nitrogen and oxygen atoms in total. The highest BCUT2D eigenvalue weighted by Crippen LogP contribution is 2.30. The molecular formula is C31H25ClN8O2. The molecule has 0 fully saturated rings. The Labute approximate surface area is 246 Å². The number of H-pyrrole nitrogens is 1. The van der Waals surface area contributed by atoms with Gasteiger partial charge in [0.2, 0.25) is 11.8 Å². The van der Waals surface area contributed by atoms with Crippen LogP contribution in [-0.2, 0) is 6.61 Å². The van der Waals surface area contributed by atoms with Crippen molar-refractivity contribution in [3.8, 4) is 17.1 Å². The first-order chi connectivity index (χ1) is 20.5. The Hall–Kier alpha value is -5.35. The van der Waals surface area contributed by atoms with Gasteiger partial charge in [0.15, 0.2) is 0 Å². The molecule has 0 aliphatic carbocycles. The highest BCUT2D eigenvalue weighted by atomic mass is 35.5. The molecule has 4 aromatic carbocycles. The predicted octanol–water partition coefficient (Wildman–Crippen LogP) is 5.06. The van der Waals surface area contributed by atoms with E-state index in [-0.39, 0.29) is 11.9 Å². The minimum atomic E-state index is -0.464. The molecule has 11 heteroatoms. The van der Waals surface area contributed by atoms with Crippen LogP contribution in [0.2, 0.25) is 5.02 Å². The van der Waals surface area contributed by atoms with Crippen LogP contribution < -0.4 is 10.5 Å². The first-order valence-electron chi connectivity index (χ1n) is 13.1. The van der Waals surface area contributed by atoms with Gasteiger partial charge in [0, 0.05) is 22.1 Å². The number of aliphatic imine (C=N–C) groups is 1. The van der Waals surface area contributed by atoms with Gasteiger partial charge in [-0.2, -0.15) is 15.3 Å². The SMILES string of the molecule is NC(=NC(=O)c1ccc(Cl)cc1)N1CC(c2ccccc2)C(c2ccc(OCc3cccc(-c4nn[nH]n4)c3)cc2)=N1. The standard InChI is InChI=1S/C31H25ClN8O2/c32-25-13-9-23(10-14-25)30(41)34-31(33)40-18-27(21-6-2-1-3-7-21)28(37-40)22-11-15-26(16-12-22)42-19-20-5-4-8-24(17-20)29-35-38-39-36-29/h1-17,27H,18-19H2,(H2,33,34,41)(H,35,36,38,39). The second-order valence-corrected chi connectivity index (χ2v) is 10.00. The molecule has 6 rings (SSSR count). The molecule has 0 saturated carbocycles. The third-order valence-electron chi connectivity index (χ3n) is 6.77. The Bertz CT molecular complexity index is 1740. The zero-order valence-corrected chi connectivity index (χ0v) is 23.0. The van der Waals surface area contributed by atoms with Gasteiger partial charge in [-0.05, 0) is 76.5 Å². The number of hydrazone groups is 1. The number of nitrogens with zero attached hydrogens (tertiary/aromatic N) is 6. The summed E-state index contributed by atoms with van der Waals surface area (Å²) in [7, 11) is 0. The van der Waals surface area contributed by atoms with Crippen molar-refractivity contribution >= 4 is 29.2 Å². The first kappa shape index (κ1) is 26.9. The molecule has 208 valence electrons. The largest absolute Gasteiger partial charge is 0.489 e. The topological polar surface area (TPSA) is 135 Å². The van der Waals surface area contributed by atoms with Crippen LogP contribution in [0.3, 0.4) is 0 Å². The summed E-state index contributed by atoms with van der Waals surface area (Å²) in [6, 6.07) is 32.1. The van der Waals surface area contributed by atoms with Crippen LogP contribution in [0.25, 0.3) is 11.4 Å². The lowest BCUT2D eigenvalue weighted by atomic mass is 9.90. The quantitative estimate of drug-likeness (QED) is 0.204. The average Bonchev–Trinajstić information content (AvgIpc) is 3.73. The molecule has 3 N–H and O–H groups in total. The fourth-order valence-corrected chi connectivity index (χ4v) is 4.77. The van der Waals surface area contributed by atoms with E-state index in [0.29, 0.717) is 35.3 Å². The summed E-state index contributed by atoms with van der Waals surface area (Å²) in [5.74, 6) is 0.721. The summed E-state index contributed by atoms with van der Waals surface area (Å²) < 4.78 is 6.05. The Kier molecular flexibility index (Phi) is 7.69. The highest BCUT2D eigenvalue weighted by Gasteiger charge is 2.31. The lowest BCUT2D eigenvalue weighted by molar-refractivity contribution is 0.100. The van der Waals surface area contributed by atoms with E-state index in [4.69, 9.17) is 27.2 Å². The Morgan fingerprint density at radius 3 is 2.50 bits per heavy atom. The monoisotopic (exact) mass is 576 g/mol. The first-order valence-corrected chi connectivity index (χ1v) is 13.5. The molecule has 0 saturated heterocycles. The maximum absolute atomic E-state index is 12.7. The molecule has 1 atom stereocenters. The molecule has 1 aliphatic heterocycles. The number of hydrogen-bond acceptors (Lipinski definition) is 6. The number of halogens is 1. The summed E-state index contributed by atoms with van der Waals surface area (Å²) in [6.45, 7) is 0.818. The average molecular weight is 577 g/mol. The second-order valence-electron chi connectivity index (χ2n) is 9.56. The molecule has 2 heterocycles. The third kappa shape index (κ3) is 6.03. The van der Waals surface area contributed by atoms with E-state index in [9.17, 15) is 4.79 Å². The number of carbonyl (C=O) groups is 1. The lowest BCUT2D eigenvalue weighted by Gasteiger charge is -2.15. The van der Waals surface area contributed by atoms with E-state index in [1.165, 1.54) is 0 Å². The van der Waals surface area contributed by atoms with Gasteiger partial charge in [-0.1, -0.05) is 60.1 Å². The van der Waals surface area contributed by atoms with Crippen molar-refractivity contribution in [2.45, 2.75) is 12.5 Å². The van der Waals surface area contributed by atoms with Crippen LogP contribution in [0.15, 0.2) is 113 Å². The molecule has 0 radical (unpaired) electrons. The number of nitrogens with two attached hydrogens (primary N) is 1. The number of benzene rings is 4. The van der Waals surface area contributed by atoms with Crippen molar-refractivity contribution in [1.82, 2.24) is 25.6 Å². The number of guanidine groups is 1. The zero-order valence-electron chi connectivity index (χ0n) is 22.3. The lowest BCUT2D eigenvalue weighted by Crippen LogP contribution is -2.33. The van der Waals surface area contributed by atoms with Crippen molar-refractivity contribution in [2.24, 2.45) is 15.8 Å². The maximum Gasteiger partial charge on any atom is 0.280 e. The van der Waals surface area contributed by atoms with Gasteiger partial charge < -0.3 is 10.5 Å². The Morgan fingerprint density at radius 2 is 1.76 bits per heavy atom. The number of nitrogens with one attached hydrogen (secondary N) is 1. The van der Waals surface area contributed by atoms with Gasteiger partial charge in [-0.3, -0.25) is 4.79 Å². The normalized spacial score (nSPS) is 15.0. The zero-order chi connectivity index (χ0) is 28.9. The van der Waals surface area contributed by atoms with Crippen LogP contribution in [-0.4, -0.2) is 49.8 Å². The van der Waals surface area contributed by atoms with E-state index in [1.54, 1.807) is 29.3 Å². The molecule has 1 amide bonds. The molecule has 1 aromatic heterocycles. The number of carbonyl (C=O) groups excluding carboxylic acids is 1. The van der Waals surface area contributed by atoms with Crippen molar-refractivity contribution in [3.05, 3.63) is 130 Å². The predicted molar refractivity (Wildman–Crippen MR) is 160 cm³/mol. The van der Waals surface area contributed by atoms with E-state index in [1.807, 2.05) is 66.7 Å². The van der Waals surface area contributed by atoms with Crippen molar-refractivity contribution in [2.75, 3.05) is 6.54 Å². The smallest absolute Gasteiger partial charge is 0.280 e. The number of aromatic amines is 1. The summed E-state index contributed by atoms with van der Waals surface area (Å²) in [6.07, 6.45) is 0. The van der Waals surface area contributed by atoms with Gasteiger partial charge in [0.05, 0.1) is 12.3 Å². The Balaban J connectivity index is 1.20. The molecule has 1 unspecified atom stereocenters. The summed E-state index contributed by atoms with van der Waals surface area (Å²) in [4.78, 5) is 16.8. The van der Waals surface area contributed by atoms with Crippen LogP contribution in [0.4, 0.5) is 0 Å². The number of aromatic nitrogens is 4. The summed E-state index contributed by atoms with van der Waals surface area (Å²) in [5.41, 5.74) is 11.3. The van der Waals surface area contributed by atoms with Gasteiger partial charge in [0.1, 0.15) is 12.4 Å². The number of amides is 1. The van der Waals surface area contributed by atoms with Crippen LogP contribution in [0, 0.1) is 0 Å². The van der Waals surface area contributed by atoms with Crippen LogP contribution in [0.5, 0.6) is 5.75 Å². The maximum atomic E-state index is 12.7. The van der Waals surface area contributed by atoms with Crippen molar-refractivity contribution in [1.29, 1.82) is 0 Å². The molecule has 1 aliphatic rings.